The predicted octanol–water partition coefficient (Wildman–Crippen LogP) is 1.80. The van der Waals surface area contributed by atoms with Crippen LogP contribution in [0.3, 0.4) is 0 Å². The molecule has 3 nitrogen and oxygen atoms in total. The lowest BCUT2D eigenvalue weighted by atomic mass is 10.1. The van der Waals surface area contributed by atoms with E-state index in [2.05, 4.69) is 15.9 Å². The third kappa shape index (κ3) is 3.96. The first-order valence-electron chi connectivity index (χ1n) is 5.13. The van der Waals surface area contributed by atoms with Crippen LogP contribution in [-0.2, 0) is 9.53 Å². The lowest BCUT2D eigenvalue weighted by molar-refractivity contribution is -0.138. The minimum absolute atomic E-state index is 0.123. The third-order valence-electron chi connectivity index (χ3n) is 2.32. The number of halogens is 1. The summed E-state index contributed by atoms with van der Waals surface area (Å²) >= 11 is 3.56. The van der Waals surface area contributed by atoms with E-state index in [1.54, 1.807) is 0 Å². The second-order valence-corrected chi connectivity index (χ2v) is 5.21. The fraction of sp³-hybridized carbons (Fsp3) is 0.900. The van der Waals surface area contributed by atoms with Gasteiger partial charge in [-0.1, -0.05) is 15.9 Å². The van der Waals surface area contributed by atoms with Gasteiger partial charge in [0, 0.05) is 17.9 Å². The first-order valence-corrected chi connectivity index (χ1v) is 6.04. The predicted molar refractivity (Wildman–Crippen MR) is 59.6 cm³/mol. The fourth-order valence-electron chi connectivity index (χ4n) is 1.43. The third-order valence-corrected chi connectivity index (χ3v) is 3.23. The molecule has 0 aromatic carbocycles. The number of nitrogens with zero attached hydrogens (tertiary/aromatic N) is 1. The Kier molecular flexibility index (Phi) is 4.89. The van der Waals surface area contributed by atoms with Crippen LogP contribution in [0.15, 0.2) is 0 Å². The number of piperidine rings is 1. The zero-order chi connectivity index (χ0) is 10.6. The molecule has 1 heterocycles. The molecule has 0 bridgehead atoms. The monoisotopic (exact) mass is 263 g/mol. The Labute approximate surface area is 93.9 Å². The second kappa shape index (κ2) is 5.71. The molecule has 0 aliphatic carbocycles. The van der Waals surface area contributed by atoms with Gasteiger partial charge in [-0.15, -0.1) is 0 Å². The van der Waals surface area contributed by atoms with Crippen molar-refractivity contribution < 1.29 is 9.53 Å². The van der Waals surface area contributed by atoms with E-state index in [9.17, 15) is 4.79 Å². The smallest absolute Gasteiger partial charge is 0.248 e. The molecule has 0 radical (unpaired) electrons. The zero-order valence-electron chi connectivity index (χ0n) is 8.83. The van der Waals surface area contributed by atoms with Crippen molar-refractivity contribution in [2.45, 2.75) is 37.6 Å². The molecular weight excluding hydrogens is 246 g/mol. The van der Waals surface area contributed by atoms with Crippen LogP contribution in [0.4, 0.5) is 0 Å². The summed E-state index contributed by atoms with van der Waals surface area (Å²) in [7, 11) is 0. The Balaban J connectivity index is 2.24. The summed E-state index contributed by atoms with van der Waals surface area (Å²) in [4.78, 5) is 14.1. The van der Waals surface area contributed by atoms with Crippen molar-refractivity contribution in [2.24, 2.45) is 0 Å². The van der Waals surface area contributed by atoms with Gasteiger partial charge in [-0.3, -0.25) is 4.79 Å². The first-order chi connectivity index (χ1) is 6.59. The maximum absolute atomic E-state index is 11.6. The van der Waals surface area contributed by atoms with Crippen LogP contribution < -0.4 is 0 Å². The van der Waals surface area contributed by atoms with Crippen LogP contribution in [0, 0.1) is 0 Å². The summed E-state index contributed by atoms with van der Waals surface area (Å²) < 4.78 is 5.28. The normalized spacial score (nSPS) is 19.0. The number of amides is 1. The van der Waals surface area contributed by atoms with Crippen LogP contribution in [0.25, 0.3) is 0 Å². The summed E-state index contributed by atoms with van der Waals surface area (Å²) in [5, 5.41) is 0. The van der Waals surface area contributed by atoms with Crippen molar-refractivity contribution in [1.82, 2.24) is 4.90 Å². The summed E-state index contributed by atoms with van der Waals surface area (Å²) in [5.41, 5.74) is 0. The molecule has 1 saturated heterocycles. The van der Waals surface area contributed by atoms with Gasteiger partial charge in [-0.2, -0.15) is 0 Å². The van der Waals surface area contributed by atoms with Crippen molar-refractivity contribution >= 4 is 21.8 Å². The van der Waals surface area contributed by atoms with Crippen molar-refractivity contribution in [3.05, 3.63) is 0 Å². The highest BCUT2D eigenvalue weighted by molar-refractivity contribution is 9.09. The van der Waals surface area contributed by atoms with E-state index in [0.29, 0.717) is 4.83 Å². The molecule has 0 atom stereocenters. The average molecular weight is 264 g/mol. The number of hydrogen-bond donors (Lipinski definition) is 0. The lowest BCUT2D eigenvalue weighted by Gasteiger charge is -2.29. The van der Waals surface area contributed by atoms with Gasteiger partial charge in [-0.05, 0) is 26.7 Å². The largest absolute Gasteiger partial charge is 0.369 e. The van der Waals surface area contributed by atoms with E-state index in [-0.39, 0.29) is 18.6 Å². The van der Waals surface area contributed by atoms with Crippen LogP contribution in [0.2, 0.25) is 0 Å². The van der Waals surface area contributed by atoms with Crippen molar-refractivity contribution in [1.29, 1.82) is 0 Å². The maximum Gasteiger partial charge on any atom is 0.248 e. The van der Waals surface area contributed by atoms with Crippen LogP contribution >= 0.6 is 15.9 Å². The zero-order valence-corrected chi connectivity index (χ0v) is 10.4. The molecule has 4 heteroatoms. The number of alkyl halides is 1. The van der Waals surface area contributed by atoms with Crippen molar-refractivity contribution in [2.75, 3.05) is 19.7 Å². The van der Waals surface area contributed by atoms with Gasteiger partial charge >= 0.3 is 0 Å². The SMILES string of the molecule is CC(C)OCC(=O)N1CCC(Br)CC1. The van der Waals surface area contributed by atoms with Gasteiger partial charge in [0.25, 0.3) is 0 Å². The molecule has 82 valence electrons. The molecule has 1 aliphatic rings. The molecule has 0 aromatic rings. The Morgan fingerprint density at radius 2 is 2.07 bits per heavy atom. The highest BCUT2D eigenvalue weighted by atomic mass is 79.9. The van der Waals surface area contributed by atoms with Gasteiger partial charge in [0.05, 0.1) is 6.10 Å². The first kappa shape index (κ1) is 12.0. The van der Waals surface area contributed by atoms with E-state index in [0.717, 1.165) is 25.9 Å². The summed E-state index contributed by atoms with van der Waals surface area (Å²) in [6, 6.07) is 0. The number of carbonyl (C=O) groups excluding carboxylic acids is 1. The molecule has 0 aromatic heterocycles. The van der Waals surface area contributed by atoms with Gasteiger partial charge < -0.3 is 9.64 Å². The van der Waals surface area contributed by atoms with E-state index in [1.807, 2.05) is 18.7 Å². The minimum Gasteiger partial charge on any atom is -0.369 e. The van der Waals surface area contributed by atoms with E-state index in [4.69, 9.17) is 4.74 Å². The molecule has 0 N–H and O–H groups in total. The fourth-order valence-corrected chi connectivity index (χ4v) is 1.84. The Morgan fingerprint density at radius 3 is 2.57 bits per heavy atom. The lowest BCUT2D eigenvalue weighted by Crippen LogP contribution is -2.40. The minimum atomic E-state index is 0.123. The molecule has 1 fully saturated rings. The van der Waals surface area contributed by atoms with E-state index < -0.39 is 0 Å². The average Bonchev–Trinajstić information content (AvgIpc) is 2.15. The molecule has 1 aliphatic heterocycles. The molecular formula is C10H18BrNO2. The highest BCUT2D eigenvalue weighted by Gasteiger charge is 2.20. The highest BCUT2D eigenvalue weighted by Crippen LogP contribution is 2.17. The summed E-state index contributed by atoms with van der Waals surface area (Å²) in [6.45, 7) is 5.83. The Morgan fingerprint density at radius 1 is 1.50 bits per heavy atom. The molecule has 14 heavy (non-hydrogen) atoms. The van der Waals surface area contributed by atoms with E-state index >= 15 is 0 Å². The standard InChI is InChI=1S/C10H18BrNO2/c1-8(2)14-7-10(13)12-5-3-9(11)4-6-12/h8-9H,3-7H2,1-2H3. The Hall–Kier alpha value is -0.0900. The van der Waals surface area contributed by atoms with Gasteiger partial charge in [0.1, 0.15) is 6.61 Å². The number of ether oxygens (including phenoxy) is 1. The van der Waals surface area contributed by atoms with Gasteiger partial charge in [0.15, 0.2) is 0 Å². The Bertz CT molecular complexity index is 189. The molecule has 0 spiro atoms. The summed E-state index contributed by atoms with van der Waals surface area (Å²) in [6.07, 6.45) is 2.23. The van der Waals surface area contributed by atoms with Crippen molar-refractivity contribution in [3.8, 4) is 0 Å². The van der Waals surface area contributed by atoms with Crippen LogP contribution in [0.5, 0.6) is 0 Å². The number of likely N-dealkylation sites (tertiary alicyclic amines) is 1. The molecule has 1 amide bonds. The number of carbonyl (C=O) groups is 1. The second-order valence-electron chi connectivity index (χ2n) is 3.92. The summed E-state index contributed by atoms with van der Waals surface area (Å²) in [5.74, 6) is 0.123. The number of hydrogen-bond acceptors (Lipinski definition) is 2. The maximum atomic E-state index is 11.6. The molecule has 0 unspecified atom stereocenters. The van der Waals surface area contributed by atoms with Crippen LogP contribution in [-0.4, -0.2) is 41.4 Å². The van der Waals surface area contributed by atoms with Crippen LogP contribution in [0.1, 0.15) is 26.7 Å². The van der Waals surface area contributed by atoms with Crippen molar-refractivity contribution in [3.63, 3.8) is 0 Å². The molecule has 0 saturated carbocycles. The van der Waals surface area contributed by atoms with Gasteiger partial charge in [0.2, 0.25) is 5.91 Å². The molecule has 1 rings (SSSR count). The number of rotatable bonds is 3. The quantitative estimate of drug-likeness (QED) is 0.727. The topological polar surface area (TPSA) is 29.5 Å². The van der Waals surface area contributed by atoms with Gasteiger partial charge in [-0.25, -0.2) is 0 Å². The van der Waals surface area contributed by atoms with E-state index in [1.165, 1.54) is 0 Å².